The van der Waals surface area contributed by atoms with Crippen molar-refractivity contribution in [2.24, 2.45) is 11.8 Å². The highest BCUT2D eigenvalue weighted by atomic mass is 16.5. The van der Waals surface area contributed by atoms with Gasteiger partial charge in [-0.15, -0.1) is 0 Å². The molecule has 1 aliphatic heterocycles. The zero-order chi connectivity index (χ0) is 26.2. The number of hydrogen-bond donors (Lipinski definition) is 0. The van der Waals surface area contributed by atoms with Crippen LogP contribution in [0.1, 0.15) is 22.6 Å². The van der Waals surface area contributed by atoms with E-state index in [1.54, 1.807) is 0 Å². The van der Waals surface area contributed by atoms with E-state index in [1.807, 2.05) is 0 Å². The molecule has 7 rings (SSSR count). The molecule has 3 aliphatic carbocycles. The molecule has 1 heterocycles. The molecule has 1 heteroatoms. The molecule has 0 saturated heterocycles. The molecule has 4 aliphatic rings. The fraction of sp³-hybridized carbons (Fsp3) is 0.105. The van der Waals surface area contributed by atoms with Crippen molar-refractivity contribution >= 4 is 11.6 Å². The van der Waals surface area contributed by atoms with Crippen molar-refractivity contribution in [3.63, 3.8) is 0 Å². The largest absolute Gasteiger partial charge is 0.485 e. The van der Waals surface area contributed by atoms with E-state index in [-0.39, 0.29) is 23.9 Å². The van der Waals surface area contributed by atoms with Crippen LogP contribution in [-0.4, -0.2) is 6.10 Å². The minimum atomic E-state index is 0.00231. The number of hydrogen-bond acceptors (Lipinski definition) is 1. The van der Waals surface area contributed by atoms with Gasteiger partial charge in [-0.3, -0.25) is 0 Å². The molecule has 0 radical (unpaired) electrons. The summed E-state index contributed by atoms with van der Waals surface area (Å²) in [6, 6.07) is 29.9. The minimum Gasteiger partial charge on any atom is -0.485 e. The van der Waals surface area contributed by atoms with E-state index in [0.29, 0.717) is 0 Å². The maximum Gasteiger partial charge on any atom is 0.128 e. The van der Waals surface area contributed by atoms with Gasteiger partial charge in [-0.2, -0.15) is 0 Å². The predicted molar refractivity (Wildman–Crippen MR) is 162 cm³/mol. The Balaban J connectivity index is 1.50. The SMILES string of the molecule is C=CC1=C(c2ccccc2)C2C=CC=CC2C(C2=CC=CC3Oc4ccccc4C23)=C1/C=C/c1ccccc1. The number of allylic oxidation sites excluding steroid dienone is 12. The van der Waals surface area contributed by atoms with Crippen LogP contribution in [0.25, 0.3) is 11.6 Å². The third-order valence-corrected chi connectivity index (χ3v) is 8.27. The van der Waals surface area contributed by atoms with Gasteiger partial charge in [0, 0.05) is 17.4 Å². The predicted octanol–water partition coefficient (Wildman–Crippen LogP) is 9.05. The normalized spacial score (nSPS) is 24.8. The highest BCUT2D eigenvalue weighted by molar-refractivity contribution is 5.85. The van der Waals surface area contributed by atoms with Crippen molar-refractivity contribution in [1.82, 2.24) is 0 Å². The van der Waals surface area contributed by atoms with E-state index >= 15 is 0 Å². The van der Waals surface area contributed by atoms with E-state index in [0.717, 1.165) is 5.75 Å². The smallest absolute Gasteiger partial charge is 0.128 e. The zero-order valence-corrected chi connectivity index (χ0v) is 21.8. The van der Waals surface area contributed by atoms with Gasteiger partial charge in [0.15, 0.2) is 0 Å². The van der Waals surface area contributed by atoms with Gasteiger partial charge >= 0.3 is 0 Å². The second-order valence-electron chi connectivity index (χ2n) is 10.4. The molecule has 0 saturated carbocycles. The number of rotatable bonds is 5. The lowest BCUT2D eigenvalue weighted by Gasteiger charge is -2.39. The highest BCUT2D eigenvalue weighted by Gasteiger charge is 2.43. The molecule has 0 fully saturated rings. The van der Waals surface area contributed by atoms with Crippen LogP contribution in [0.3, 0.4) is 0 Å². The van der Waals surface area contributed by atoms with Gasteiger partial charge < -0.3 is 4.74 Å². The first-order chi connectivity index (χ1) is 19.3. The molecule has 0 spiro atoms. The molecule has 4 atom stereocenters. The fourth-order valence-electron chi connectivity index (χ4n) is 6.63. The maximum atomic E-state index is 6.44. The third-order valence-electron chi connectivity index (χ3n) is 8.27. The Hall–Kier alpha value is -4.62. The van der Waals surface area contributed by atoms with Gasteiger partial charge in [-0.1, -0.05) is 140 Å². The average Bonchev–Trinajstić information content (AvgIpc) is 3.39. The lowest BCUT2D eigenvalue weighted by atomic mass is 9.63. The van der Waals surface area contributed by atoms with E-state index in [1.165, 1.54) is 44.6 Å². The molecule has 188 valence electrons. The van der Waals surface area contributed by atoms with Crippen LogP contribution in [-0.2, 0) is 0 Å². The summed E-state index contributed by atoms with van der Waals surface area (Å²) >= 11 is 0. The Morgan fingerprint density at radius 1 is 0.641 bits per heavy atom. The third kappa shape index (κ3) is 4.02. The van der Waals surface area contributed by atoms with Gasteiger partial charge in [0.1, 0.15) is 11.9 Å². The van der Waals surface area contributed by atoms with Gasteiger partial charge in [0.2, 0.25) is 0 Å². The first kappa shape index (κ1) is 23.5. The Labute approximate surface area is 230 Å². The molecule has 1 nitrogen and oxygen atoms in total. The highest BCUT2D eigenvalue weighted by Crippen LogP contribution is 2.54. The van der Waals surface area contributed by atoms with Crippen LogP contribution < -0.4 is 4.74 Å². The fourth-order valence-corrected chi connectivity index (χ4v) is 6.63. The number of fused-ring (bicyclic) bond motifs is 4. The molecule has 3 aromatic rings. The van der Waals surface area contributed by atoms with Crippen LogP contribution in [0.15, 0.2) is 168 Å². The summed E-state index contributed by atoms with van der Waals surface area (Å²) in [5, 5.41) is 0. The van der Waals surface area contributed by atoms with Crippen molar-refractivity contribution in [2.75, 3.05) is 0 Å². The maximum absolute atomic E-state index is 6.44. The van der Waals surface area contributed by atoms with Crippen LogP contribution in [0.5, 0.6) is 5.75 Å². The van der Waals surface area contributed by atoms with Crippen molar-refractivity contribution in [1.29, 1.82) is 0 Å². The quantitative estimate of drug-likeness (QED) is 0.338. The molecule has 39 heavy (non-hydrogen) atoms. The first-order valence-corrected chi connectivity index (χ1v) is 13.7. The summed E-state index contributed by atoms with van der Waals surface area (Å²) < 4.78 is 6.44. The van der Waals surface area contributed by atoms with Gasteiger partial charge in [-0.05, 0) is 51.1 Å². The zero-order valence-electron chi connectivity index (χ0n) is 21.8. The van der Waals surface area contributed by atoms with E-state index in [2.05, 4.69) is 152 Å². The Morgan fingerprint density at radius 2 is 1.33 bits per heavy atom. The average molecular weight is 503 g/mol. The Kier molecular flexibility index (Phi) is 5.98. The monoisotopic (exact) mass is 502 g/mol. The second kappa shape index (κ2) is 9.93. The number of ether oxygens (including phenoxy) is 1. The lowest BCUT2D eigenvalue weighted by Crippen LogP contribution is -2.29. The molecular weight excluding hydrogens is 472 g/mol. The molecule has 0 N–H and O–H groups in total. The first-order valence-electron chi connectivity index (χ1n) is 13.7. The minimum absolute atomic E-state index is 0.00231. The summed E-state index contributed by atoms with van der Waals surface area (Å²) in [6.45, 7) is 4.36. The second-order valence-corrected chi connectivity index (χ2v) is 10.4. The lowest BCUT2D eigenvalue weighted by molar-refractivity contribution is 0.265. The van der Waals surface area contributed by atoms with Crippen molar-refractivity contribution in [2.45, 2.75) is 12.0 Å². The molecule has 4 unspecified atom stereocenters. The number of benzene rings is 3. The number of para-hydroxylation sites is 1. The van der Waals surface area contributed by atoms with Crippen molar-refractivity contribution in [3.8, 4) is 5.75 Å². The van der Waals surface area contributed by atoms with E-state index < -0.39 is 0 Å². The Morgan fingerprint density at radius 3 is 2.10 bits per heavy atom. The summed E-state index contributed by atoms with van der Waals surface area (Å²) in [5.41, 5.74) is 10.2. The Bertz CT molecular complexity index is 1640. The van der Waals surface area contributed by atoms with Crippen LogP contribution in [0, 0.1) is 11.8 Å². The molecule has 0 bridgehead atoms. The molecule has 0 amide bonds. The summed E-state index contributed by atoms with van der Waals surface area (Å²) in [5.74, 6) is 1.57. The molecular formula is C38H30O. The van der Waals surface area contributed by atoms with Crippen molar-refractivity contribution in [3.05, 3.63) is 185 Å². The van der Waals surface area contributed by atoms with E-state index in [9.17, 15) is 0 Å². The van der Waals surface area contributed by atoms with E-state index in [4.69, 9.17) is 4.74 Å². The standard InChI is InChI=1S/C38H30O/c1-2-28-31(25-24-26-14-5-3-6-15-26)37(30-19-10-9-18-29(30)36(28)27-16-7-4-8-17-27)33-21-13-23-35-38(33)32-20-11-12-22-34(32)39-35/h2-25,29-30,35,38H,1H2/b25-24+. The topological polar surface area (TPSA) is 9.23 Å². The molecule has 3 aromatic carbocycles. The van der Waals surface area contributed by atoms with Gasteiger partial charge in [0.25, 0.3) is 0 Å². The summed E-state index contributed by atoms with van der Waals surface area (Å²) in [7, 11) is 0. The van der Waals surface area contributed by atoms with Gasteiger partial charge in [-0.25, -0.2) is 0 Å². The van der Waals surface area contributed by atoms with Crippen molar-refractivity contribution < 1.29 is 4.74 Å². The van der Waals surface area contributed by atoms with Crippen LogP contribution >= 0.6 is 0 Å². The molecule has 0 aromatic heterocycles. The van der Waals surface area contributed by atoms with Gasteiger partial charge in [0.05, 0.1) is 5.92 Å². The summed E-state index contributed by atoms with van der Waals surface area (Å²) in [4.78, 5) is 0. The summed E-state index contributed by atoms with van der Waals surface area (Å²) in [6.07, 6.45) is 22.4. The van der Waals surface area contributed by atoms with Crippen LogP contribution in [0.2, 0.25) is 0 Å². The van der Waals surface area contributed by atoms with Crippen LogP contribution in [0.4, 0.5) is 0 Å².